The molecule has 3 heterocycles. The van der Waals surface area contributed by atoms with Gasteiger partial charge in [-0.25, -0.2) is 4.98 Å². The van der Waals surface area contributed by atoms with Gasteiger partial charge in [-0.15, -0.1) is 0 Å². The Morgan fingerprint density at radius 3 is 2.52 bits per heavy atom. The van der Waals surface area contributed by atoms with Gasteiger partial charge < -0.3 is 9.80 Å². The van der Waals surface area contributed by atoms with Crippen molar-refractivity contribution in [3.63, 3.8) is 0 Å². The van der Waals surface area contributed by atoms with Crippen LogP contribution in [0.5, 0.6) is 0 Å². The Hall–Kier alpha value is -2.75. The number of rotatable bonds is 2. The monoisotopic (exact) mass is 372 g/mol. The standard InChI is InChI=1S/C20H19F3N4/c21-20(22,23)17-2-1-9-25-19(17)26-10-7-15-8-11-27(18(15)13-26)16-5-3-14(12-24)4-6-16/h1-6,9,15,18H,7-8,10-11,13H2. The Morgan fingerprint density at radius 2 is 1.81 bits per heavy atom. The van der Waals surface area contributed by atoms with Crippen LogP contribution >= 0.6 is 0 Å². The summed E-state index contributed by atoms with van der Waals surface area (Å²) in [5.74, 6) is 0.491. The number of fused-ring (bicyclic) bond motifs is 1. The lowest BCUT2D eigenvalue weighted by molar-refractivity contribution is -0.137. The zero-order valence-corrected chi connectivity index (χ0v) is 14.7. The van der Waals surface area contributed by atoms with Crippen LogP contribution < -0.4 is 9.80 Å². The van der Waals surface area contributed by atoms with E-state index < -0.39 is 11.7 Å². The Bertz CT molecular complexity index is 857. The van der Waals surface area contributed by atoms with Gasteiger partial charge in [0, 0.05) is 37.6 Å². The summed E-state index contributed by atoms with van der Waals surface area (Å²) >= 11 is 0. The summed E-state index contributed by atoms with van der Waals surface area (Å²) in [5.41, 5.74) is 0.940. The summed E-state index contributed by atoms with van der Waals surface area (Å²) in [6.07, 6.45) is -1.11. The van der Waals surface area contributed by atoms with Crippen molar-refractivity contribution in [3.05, 3.63) is 53.7 Å². The number of piperidine rings is 1. The van der Waals surface area contributed by atoms with Gasteiger partial charge >= 0.3 is 6.18 Å². The normalized spacial score (nSPS) is 22.4. The number of nitrogens with zero attached hydrogens (tertiary/aromatic N) is 4. The van der Waals surface area contributed by atoms with Crippen LogP contribution in [0, 0.1) is 17.2 Å². The number of benzene rings is 1. The highest BCUT2D eigenvalue weighted by molar-refractivity contribution is 5.54. The molecule has 2 aliphatic heterocycles. The quantitative estimate of drug-likeness (QED) is 0.797. The van der Waals surface area contributed by atoms with E-state index in [9.17, 15) is 13.2 Å². The molecule has 4 rings (SSSR count). The fourth-order valence-electron chi connectivity index (χ4n) is 4.25. The molecular formula is C20H19F3N4. The molecule has 4 nitrogen and oxygen atoms in total. The first-order chi connectivity index (χ1) is 13.0. The molecule has 0 amide bonds. The zero-order chi connectivity index (χ0) is 19.0. The van der Waals surface area contributed by atoms with Gasteiger partial charge in [0.25, 0.3) is 0 Å². The molecule has 2 aromatic rings. The number of pyridine rings is 1. The van der Waals surface area contributed by atoms with Crippen LogP contribution in [0.4, 0.5) is 24.7 Å². The van der Waals surface area contributed by atoms with E-state index in [2.05, 4.69) is 16.0 Å². The first kappa shape index (κ1) is 17.7. The van der Waals surface area contributed by atoms with Gasteiger partial charge in [0.1, 0.15) is 5.82 Å². The Morgan fingerprint density at radius 1 is 1.07 bits per heavy atom. The molecule has 2 unspecified atom stereocenters. The summed E-state index contributed by atoms with van der Waals surface area (Å²) in [5, 5.41) is 8.96. The van der Waals surface area contributed by atoms with Crippen LogP contribution in [-0.2, 0) is 6.18 Å². The predicted octanol–water partition coefficient (Wildman–Crippen LogP) is 4.08. The Kier molecular flexibility index (Phi) is 4.42. The van der Waals surface area contributed by atoms with Gasteiger partial charge in [0.05, 0.1) is 17.2 Å². The summed E-state index contributed by atoms with van der Waals surface area (Å²) < 4.78 is 40.1. The lowest BCUT2D eigenvalue weighted by Crippen LogP contribution is -2.49. The molecule has 2 saturated heterocycles. The van der Waals surface area contributed by atoms with Crippen molar-refractivity contribution in [1.82, 2.24) is 4.98 Å². The largest absolute Gasteiger partial charge is 0.419 e. The highest BCUT2D eigenvalue weighted by Crippen LogP contribution is 2.40. The third-order valence-electron chi connectivity index (χ3n) is 5.58. The summed E-state index contributed by atoms with van der Waals surface area (Å²) in [6.45, 7) is 1.98. The highest BCUT2D eigenvalue weighted by Gasteiger charge is 2.41. The number of anilines is 2. The summed E-state index contributed by atoms with van der Waals surface area (Å²) in [7, 11) is 0. The van der Waals surface area contributed by atoms with E-state index in [4.69, 9.17) is 5.26 Å². The van der Waals surface area contributed by atoms with Gasteiger partial charge in [-0.2, -0.15) is 18.4 Å². The molecule has 27 heavy (non-hydrogen) atoms. The van der Waals surface area contributed by atoms with Crippen LogP contribution in [0.1, 0.15) is 24.0 Å². The van der Waals surface area contributed by atoms with E-state index in [1.165, 1.54) is 12.3 Å². The minimum Gasteiger partial charge on any atom is -0.366 e. The molecule has 7 heteroatoms. The average Bonchev–Trinajstić information content (AvgIpc) is 3.10. The molecule has 0 bridgehead atoms. The topological polar surface area (TPSA) is 43.2 Å². The third-order valence-corrected chi connectivity index (χ3v) is 5.58. The molecule has 2 fully saturated rings. The number of hydrogen-bond acceptors (Lipinski definition) is 4. The van der Waals surface area contributed by atoms with Gasteiger partial charge in [-0.05, 0) is 55.2 Å². The van der Waals surface area contributed by atoms with Gasteiger partial charge in [-0.3, -0.25) is 0 Å². The van der Waals surface area contributed by atoms with Crippen molar-refractivity contribution in [2.45, 2.75) is 25.1 Å². The van der Waals surface area contributed by atoms with Crippen LogP contribution in [0.25, 0.3) is 0 Å². The molecule has 1 aromatic carbocycles. The predicted molar refractivity (Wildman–Crippen MR) is 96.5 cm³/mol. The van der Waals surface area contributed by atoms with Crippen LogP contribution in [0.2, 0.25) is 0 Å². The SMILES string of the molecule is N#Cc1ccc(N2CCC3CCN(c4ncccc4C(F)(F)F)CC32)cc1. The molecular weight excluding hydrogens is 353 g/mol. The van der Waals surface area contributed by atoms with Crippen LogP contribution in [0.15, 0.2) is 42.6 Å². The fourth-order valence-corrected chi connectivity index (χ4v) is 4.25. The van der Waals surface area contributed by atoms with Crippen molar-refractivity contribution in [2.75, 3.05) is 29.4 Å². The summed E-state index contributed by atoms with van der Waals surface area (Å²) in [4.78, 5) is 8.08. The van der Waals surface area contributed by atoms with E-state index >= 15 is 0 Å². The van der Waals surface area contributed by atoms with Crippen LogP contribution in [-0.4, -0.2) is 30.7 Å². The number of nitriles is 1. The maximum atomic E-state index is 13.4. The zero-order valence-electron chi connectivity index (χ0n) is 14.7. The lowest BCUT2D eigenvalue weighted by atomic mass is 9.91. The van der Waals surface area contributed by atoms with Gasteiger partial charge in [0.15, 0.2) is 0 Å². The lowest BCUT2D eigenvalue weighted by Gasteiger charge is -2.40. The third kappa shape index (κ3) is 3.32. The molecule has 0 N–H and O–H groups in total. The molecule has 0 spiro atoms. The van der Waals surface area contributed by atoms with Crippen molar-refractivity contribution in [1.29, 1.82) is 5.26 Å². The maximum absolute atomic E-state index is 13.4. The summed E-state index contributed by atoms with van der Waals surface area (Å²) in [6, 6.07) is 12.1. The molecule has 2 aliphatic rings. The van der Waals surface area contributed by atoms with Crippen molar-refractivity contribution >= 4 is 11.5 Å². The van der Waals surface area contributed by atoms with E-state index in [1.54, 1.807) is 17.0 Å². The number of halogens is 3. The second-order valence-electron chi connectivity index (χ2n) is 7.08. The Labute approximate surface area is 155 Å². The second-order valence-corrected chi connectivity index (χ2v) is 7.08. The second kappa shape index (κ2) is 6.76. The molecule has 1 aromatic heterocycles. The highest BCUT2D eigenvalue weighted by atomic mass is 19.4. The molecule has 0 radical (unpaired) electrons. The Balaban J connectivity index is 1.60. The minimum atomic E-state index is -4.41. The number of alkyl halides is 3. The smallest absolute Gasteiger partial charge is 0.366 e. The number of aromatic nitrogens is 1. The molecule has 140 valence electrons. The van der Waals surface area contributed by atoms with Crippen molar-refractivity contribution in [3.8, 4) is 6.07 Å². The van der Waals surface area contributed by atoms with Crippen LogP contribution in [0.3, 0.4) is 0 Å². The van der Waals surface area contributed by atoms with E-state index in [0.29, 0.717) is 24.6 Å². The first-order valence-corrected chi connectivity index (χ1v) is 9.01. The van der Waals surface area contributed by atoms with Gasteiger partial charge in [-0.1, -0.05) is 0 Å². The first-order valence-electron chi connectivity index (χ1n) is 9.01. The maximum Gasteiger partial charge on any atom is 0.419 e. The van der Waals surface area contributed by atoms with Crippen molar-refractivity contribution < 1.29 is 13.2 Å². The van der Waals surface area contributed by atoms with E-state index in [-0.39, 0.29) is 11.9 Å². The molecule has 0 saturated carbocycles. The average molecular weight is 372 g/mol. The number of hydrogen-bond donors (Lipinski definition) is 0. The minimum absolute atomic E-state index is 0.0233. The van der Waals surface area contributed by atoms with E-state index in [1.807, 2.05) is 12.1 Å². The fraction of sp³-hybridized carbons (Fsp3) is 0.400. The van der Waals surface area contributed by atoms with Crippen molar-refractivity contribution in [2.24, 2.45) is 5.92 Å². The van der Waals surface area contributed by atoms with E-state index in [0.717, 1.165) is 31.1 Å². The molecule has 2 atom stereocenters. The molecule has 0 aliphatic carbocycles. The van der Waals surface area contributed by atoms with Gasteiger partial charge in [0.2, 0.25) is 0 Å².